The van der Waals surface area contributed by atoms with Crippen molar-refractivity contribution in [1.29, 1.82) is 0 Å². The maximum atomic E-state index is 11.0. The minimum atomic E-state index is -0.116. The molecule has 0 aromatic carbocycles. The largest absolute Gasteiger partial charge is 0.469 e. The lowest BCUT2D eigenvalue weighted by Crippen LogP contribution is -2.59. The van der Waals surface area contributed by atoms with Gasteiger partial charge in [-0.3, -0.25) is 4.79 Å². The van der Waals surface area contributed by atoms with Crippen LogP contribution in [-0.4, -0.2) is 19.1 Å². The van der Waals surface area contributed by atoms with E-state index >= 15 is 0 Å². The number of nitrogens with two attached hydrogens (primary N) is 1. The molecule has 3 heteroatoms. The molecule has 0 unspecified atom stereocenters. The Kier molecular flexibility index (Phi) is 4.90. The second kappa shape index (κ2) is 6.30. The molecule has 2 bridgehead atoms. The minimum Gasteiger partial charge on any atom is -0.469 e. The first kappa shape index (κ1) is 15.6. The Balaban J connectivity index is 1.72. The van der Waals surface area contributed by atoms with Crippen molar-refractivity contribution in [2.75, 3.05) is 7.11 Å². The maximum Gasteiger partial charge on any atom is 0.305 e. The summed E-state index contributed by atoms with van der Waals surface area (Å²) in [7, 11) is 1.44. The van der Waals surface area contributed by atoms with Crippen molar-refractivity contribution >= 4 is 5.97 Å². The summed E-state index contributed by atoms with van der Waals surface area (Å²) in [6.45, 7) is 4.82. The number of methoxy groups -OCH3 is 1. The Bertz CT molecular complexity index is 375. The molecule has 3 fully saturated rings. The van der Waals surface area contributed by atoms with Crippen molar-refractivity contribution in [3.8, 4) is 0 Å². The molecule has 0 amide bonds. The van der Waals surface area contributed by atoms with Crippen molar-refractivity contribution in [1.82, 2.24) is 0 Å². The van der Waals surface area contributed by atoms with Gasteiger partial charge in [0.15, 0.2) is 0 Å². The lowest BCUT2D eigenvalue weighted by atomic mass is 9.44. The van der Waals surface area contributed by atoms with Crippen LogP contribution in [0.5, 0.6) is 0 Å². The van der Waals surface area contributed by atoms with Crippen LogP contribution in [0.2, 0.25) is 0 Å². The molecule has 3 saturated carbocycles. The number of hydrogen-bond acceptors (Lipinski definition) is 3. The van der Waals surface area contributed by atoms with Crippen LogP contribution in [0.4, 0.5) is 0 Å². The lowest BCUT2D eigenvalue weighted by molar-refractivity contribution is -0.140. The number of ether oxygens (including phenoxy) is 1. The number of fused-ring (bicyclic) bond motifs is 2. The zero-order valence-corrected chi connectivity index (χ0v) is 13.1. The van der Waals surface area contributed by atoms with E-state index < -0.39 is 0 Å². The smallest absolute Gasteiger partial charge is 0.305 e. The first-order valence-corrected chi connectivity index (χ1v) is 7.94. The van der Waals surface area contributed by atoms with Gasteiger partial charge in [0.2, 0.25) is 0 Å². The van der Waals surface area contributed by atoms with Gasteiger partial charge in [0.25, 0.3) is 0 Å². The van der Waals surface area contributed by atoms with Crippen LogP contribution >= 0.6 is 0 Å². The van der Waals surface area contributed by atoms with E-state index in [1.807, 2.05) is 0 Å². The molecule has 0 aliphatic heterocycles. The van der Waals surface area contributed by atoms with E-state index in [9.17, 15) is 4.79 Å². The molecule has 114 valence electrons. The van der Waals surface area contributed by atoms with Gasteiger partial charge < -0.3 is 10.5 Å². The second-order valence-electron chi connectivity index (χ2n) is 7.10. The topological polar surface area (TPSA) is 52.3 Å². The molecule has 0 saturated heterocycles. The van der Waals surface area contributed by atoms with Crippen molar-refractivity contribution in [3.63, 3.8) is 0 Å². The number of carbonyl (C=O) groups excluding carboxylic acids is 1. The average molecular weight is 279 g/mol. The number of carbonyl (C=O) groups is 1. The summed E-state index contributed by atoms with van der Waals surface area (Å²) in [5.41, 5.74) is 6.82. The third-order valence-corrected chi connectivity index (χ3v) is 5.72. The van der Waals surface area contributed by atoms with E-state index in [2.05, 4.69) is 30.7 Å². The van der Waals surface area contributed by atoms with Crippen LogP contribution in [0.1, 0.15) is 52.4 Å². The fourth-order valence-electron chi connectivity index (χ4n) is 4.16. The van der Waals surface area contributed by atoms with E-state index in [-0.39, 0.29) is 5.97 Å². The van der Waals surface area contributed by atoms with Crippen molar-refractivity contribution < 1.29 is 9.53 Å². The monoisotopic (exact) mass is 279 g/mol. The fraction of sp³-hybridized carbons (Fsp3) is 0.824. The van der Waals surface area contributed by atoms with Gasteiger partial charge in [0, 0.05) is 12.5 Å². The van der Waals surface area contributed by atoms with E-state index in [0.717, 1.165) is 31.1 Å². The molecule has 4 atom stereocenters. The standard InChI is InChI=1S/C17H29NO2/c1-17(2)12-10-14(17)13(15(18)11-12)8-6-4-5-7-9-16(19)20-3/h4,6,12-15H,5,7-11,18H2,1-3H3/b6-4-/t12-,13+,14+,15+/m1/s1. The highest BCUT2D eigenvalue weighted by molar-refractivity contribution is 5.69. The normalized spacial score (nSPS) is 34.8. The van der Waals surface area contributed by atoms with Crippen molar-refractivity contribution in [2.45, 2.75) is 58.4 Å². The first-order chi connectivity index (χ1) is 9.46. The molecule has 3 rings (SSSR count). The van der Waals surface area contributed by atoms with E-state index in [1.54, 1.807) is 0 Å². The number of hydrogen-bond donors (Lipinski definition) is 1. The van der Waals surface area contributed by atoms with Gasteiger partial charge in [-0.2, -0.15) is 0 Å². The van der Waals surface area contributed by atoms with Gasteiger partial charge in [-0.1, -0.05) is 26.0 Å². The summed E-state index contributed by atoms with van der Waals surface area (Å²) < 4.78 is 4.63. The van der Waals surface area contributed by atoms with Gasteiger partial charge in [0.1, 0.15) is 0 Å². The van der Waals surface area contributed by atoms with Crippen molar-refractivity contribution in [2.24, 2.45) is 28.9 Å². The lowest BCUT2D eigenvalue weighted by Gasteiger charge is -2.62. The van der Waals surface area contributed by atoms with Crippen LogP contribution in [0.3, 0.4) is 0 Å². The predicted molar refractivity (Wildman–Crippen MR) is 81.1 cm³/mol. The maximum absolute atomic E-state index is 11.0. The second-order valence-corrected chi connectivity index (χ2v) is 7.10. The molecular formula is C17H29NO2. The summed E-state index contributed by atoms with van der Waals surface area (Å²) in [5.74, 6) is 2.18. The molecule has 3 aliphatic rings. The zero-order valence-electron chi connectivity index (χ0n) is 13.1. The summed E-state index contributed by atoms with van der Waals surface area (Å²) in [4.78, 5) is 11.0. The Hall–Kier alpha value is -0.830. The quantitative estimate of drug-likeness (QED) is 0.461. The average Bonchev–Trinajstić information content (AvgIpc) is 2.43. The number of esters is 1. The molecule has 0 aromatic rings. The van der Waals surface area contributed by atoms with Gasteiger partial charge in [-0.15, -0.1) is 0 Å². The minimum absolute atomic E-state index is 0.116. The van der Waals surface area contributed by atoms with Crippen LogP contribution in [-0.2, 0) is 9.53 Å². The molecule has 3 aliphatic carbocycles. The van der Waals surface area contributed by atoms with E-state index in [0.29, 0.717) is 23.8 Å². The number of allylic oxidation sites excluding steroid dienone is 2. The zero-order chi connectivity index (χ0) is 14.8. The van der Waals surface area contributed by atoms with Gasteiger partial charge in [-0.25, -0.2) is 0 Å². The highest BCUT2D eigenvalue weighted by Crippen LogP contribution is 2.61. The molecule has 2 N–H and O–H groups in total. The molecule has 0 radical (unpaired) electrons. The first-order valence-electron chi connectivity index (χ1n) is 7.94. The predicted octanol–water partition coefficient (Wildman–Crippen LogP) is 3.29. The SMILES string of the molecule is COC(=O)CCC/C=C\C[C@@H]1[C@@H](N)C[C@H]2C[C@@H]1C2(C)C. The Morgan fingerprint density at radius 1 is 1.35 bits per heavy atom. The molecule has 0 aromatic heterocycles. The number of rotatable bonds is 6. The Morgan fingerprint density at radius 2 is 2.10 bits per heavy atom. The summed E-state index contributed by atoms with van der Waals surface area (Å²) in [5, 5.41) is 0. The third-order valence-electron chi connectivity index (χ3n) is 5.72. The van der Waals surface area contributed by atoms with Crippen LogP contribution in [0, 0.1) is 23.2 Å². The van der Waals surface area contributed by atoms with E-state index in [1.165, 1.54) is 20.0 Å². The number of unbranched alkanes of at least 4 members (excludes halogenated alkanes) is 1. The van der Waals surface area contributed by atoms with Crippen LogP contribution in [0.25, 0.3) is 0 Å². The molecule has 0 heterocycles. The molecule has 0 spiro atoms. The Morgan fingerprint density at radius 3 is 2.75 bits per heavy atom. The van der Waals surface area contributed by atoms with Gasteiger partial charge >= 0.3 is 5.97 Å². The summed E-state index contributed by atoms with van der Waals surface area (Å²) in [6, 6.07) is 0.381. The molecular weight excluding hydrogens is 250 g/mol. The molecule has 20 heavy (non-hydrogen) atoms. The van der Waals surface area contributed by atoms with E-state index in [4.69, 9.17) is 5.73 Å². The Labute approximate surface area is 122 Å². The fourth-order valence-corrected chi connectivity index (χ4v) is 4.16. The van der Waals surface area contributed by atoms with Crippen LogP contribution in [0.15, 0.2) is 12.2 Å². The van der Waals surface area contributed by atoms with Gasteiger partial charge in [-0.05, 0) is 55.3 Å². The third kappa shape index (κ3) is 3.08. The van der Waals surface area contributed by atoms with Crippen molar-refractivity contribution in [3.05, 3.63) is 12.2 Å². The summed E-state index contributed by atoms with van der Waals surface area (Å²) in [6.07, 6.45) is 10.5. The van der Waals surface area contributed by atoms with Gasteiger partial charge in [0.05, 0.1) is 7.11 Å². The summed E-state index contributed by atoms with van der Waals surface area (Å²) >= 11 is 0. The molecule has 3 nitrogen and oxygen atoms in total. The van der Waals surface area contributed by atoms with Crippen LogP contribution < -0.4 is 5.73 Å². The highest BCUT2D eigenvalue weighted by atomic mass is 16.5. The highest BCUT2D eigenvalue weighted by Gasteiger charge is 2.56.